The fourth-order valence-corrected chi connectivity index (χ4v) is 3.04. The van der Waals surface area contributed by atoms with Crippen molar-refractivity contribution in [3.63, 3.8) is 0 Å². The zero-order chi connectivity index (χ0) is 11.9. The Bertz CT molecular complexity index is 410. The molecule has 2 rings (SSSR count). The highest BCUT2D eigenvalue weighted by Crippen LogP contribution is 2.50. The normalized spacial score (nSPS) is 24.6. The highest BCUT2D eigenvalue weighted by Gasteiger charge is 2.38. The van der Waals surface area contributed by atoms with Gasteiger partial charge in [0.25, 0.3) is 0 Å². The van der Waals surface area contributed by atoms with Crippen molar-refractivity contribution in [1.29, 1.82) is 0 Å². The summed E-state index contributed by atoms with van der Waals surface area (Å²) in [5.41, 5.74) is 5.69. The maximum absolute atomic E-state index is 11.5. The van der Waals surface area contributed by atoms with Crippen LogP contribution in [0.5, 0.6) is 0 Å². The van der Waals surface area contributed by atoms with E-state index < -0.39 is 0 Å². The molecule has 0 N–H and O–H groups in total. The summed E-state index contributed by atoms with van der Waals surface area (Å²) >= 11 is 0. The lowest BCUT2D eigenvalue weighted by atomic mass is 9.62. The predicted molar refractivity (Wildman–Crippen MR) is 67.2 cm³/mol. The molecule has 2 aliphatic carbocycles. The second-order valence-electron chi connectivity index (χ2n) is 5.38. The highest BCUT2D eigenvalue weighted by molar-refractivity contribution is 6.01. The third-order valence-corrected chi connectivity index (χ3v) is 4.45. The Kier molecular flexibility index (Phi) is 2.65. The number of ketones is 1. The van der Waals surface area contributed by atoms with Crippen LogP contribution in [0.2, 0.25) is 0 Å². The summed E-state index contributed by atoms with van der Waals surface area (Å²) < 4.78 is 0. The van der Waals surface area contributed by atoms with Gasteiger partial charge in [-0.25, -0.2) is 0 Å². The summed E-state index contributed by atoms with van der Waals surface area (Å²) in [5, 5.41) is 0. The van der Waals surface area contributed by atoms with E-state index in [1.54, 1.807) is 0 Å². The maximum atomic E-state index is 11.5. The van der Waals surface area contributed by atoms with Gasteiger partial charge in [-0.15, -0.1) is 0 Å². The molecule has 0 saturated carbocycles. The summed E-state index contributed by atoms with van der Waals surface area (Å²) in [7, 11) is 0. The Morgan fingerprint density at radius 2 is 1.56 bits per heavy atom. The molecule has 1 spiro atoms. The van der Waals surface area contributed by atoms with Crippen molar-refractivity contribution in [1.82, 2.24) is 0 Å². The van der Waals surface area contributed by atoms with E-state index in [-0.39, 0.29) is 11.2 Å². The van der Waals surface area contributed by atoms with Gasteiger partial charge in [0.15, 0.2) is 5.78 Å². The van der Waals surface area contributed by atoms with Crippen LogP contribution in [0.25, 0.3) is 0 Å². The van der Waals surface area contributed by atoms with Gasteiger partial charge in [0.05, 0.1) is 0 Å². The molecule has 86 valence electrons. The third-order valence-electron chi connectivity index (χ3n) is 4.45. The third kappa shape index (κ3) is 1.59. The van der Waals surface area contributed by atoms with E-state index in [2.05, 4.69) is 27.7 Å². The van der Waals surface area contributed by atoms with E-state index in [1.165, 1.54) is 22.3 Å². The molecule has 0 amide bonds. The van der Waals surface area contributed by atoms with Gasteiger partial charge >= 0.3 is 0 Å². The molecular weight excluding hydrogens is 196 g/mol. The molecule has 0 unspecified atom stereocenters. The van der Waals surface area contributed by atoms with E-state index in [0.717, 1.165) is 19.3 Å². The van der Waals surface area contributed by atoms with Gasteiger partial charge in [-0.3, -0.25) is 4.79 Å². The van der Waals surface area contributed by atoms with Gasteiger partial charge < -0.3 is 0 Å². The van der Waals surface area contributed by atoms with Gasteiger partial charge in [-0.1, -0.05) is 22.3 Å². The second-order valence-corrected chi connectivity index (χ2v) is 5.38. The van der Waals surface area contributed by atoms with Crippen LogP contribution >= 0.6 is 0 Å². The lowest BCUT2D eigenvalue weighted by Crippen LogP contribution is -2.30. The van der Waals surface area contributed by atoms with E-state index in [4.69, 9.17) is 0 Å². The zero-order valence-electron chi connectivity index (χ0n) is 10.7. The minimum Gasteiger partial charge on any atom is -0.290 e. The lowest BCUT2D eigenvalue weighted by Gasteiger charge is -2.42. The first-order valence-electron chi connectivity index (χ1n) is 6.02. The van der Waals surface area contributed by atoms with Crippen molar-refractivity contribution in [3.05, 3.63) is 34.4 Å². The smallest absolute Gasteiger partial charge is 0.178 e. The summed E-state index contributed by atoms with van der Waals surface area (Å²) in [6.45, 7) is 8.69. The predicted octanol–water partition coefficient (Wildman–Crippen LogP) is 3.97. The number of hydrogen-bond acceptors (Lipinski definition) is 1. The quantitative estimate of drug-likeness (QED) is 0.560. The standard InChI is InChI=1S/C15H20O/c1-10-5-6-15(9-11(10)2)12(3)7-14(16)8-13(15)4/h7-8H,5-6,9H2,1-4H3. The van der Waals surface area contributed by atoms with Gasteiger partial charge in [-0.2, -0.15) is 0 Å². The van der Waals surface area contributed by atoms with E-state index >= 15 is 0 Å². The summed E-state index contributed by atoms with van der Waals surface area (Å²) in [6, 6.07) is 0. The minimum atomic E-state index is 0.150. The first-order chi connectivity index (χ1) is 7.45. The SMILES string of the molecule is CC1=CC(=O)C=C(C)C12CCC(C)=C(C)C2. The Hall–Kier alpha value is -1.11. The lowest BCUT2D eigenvalue weighted by molar-refractivity contribution is -0.110. The van der Waals surface area contributed by atoms with Gasteiger partial charge in [0.1, 0.15) is 0 Å². The Balaban J connectivity index is 2.44. The number of carbonyl (C=O) groups excluding carboxylic acids is 1. The van der Waals surface area contributed by atoms with E-state index in [9.17, 15) is 4.79 Å². The van der Waals surface area contributed by atoms with Crippen LogP contribution in [0.4, 0.5) is 0 Å². The fraction of sp³-hybridized carbons (Fsp3) is 0.533. The molecule has 1 heteroatoms. The van der Waals surface area contributed by atoms with Crippen LogP contribution in [0, 0.1) is 5.41 Å². The van der Waals surface area contributed by atoms with Crippen molar-refractivity contribution >= 4 is 5.78 Å². The molecule has 0 aromatic carbocycles. The minimum absolute atomic E-state index is 0.150. The molecule has 0 atom stereocenters. The molecule has 0 radical (unpaired) electrons. The molecule has 0 bridgehead atoms. The number of allylic oxidation sites excluding steroid dienone is 6. The molecule has 0 aromatic heterocycles. The van der Waals surface area contributed by atoms with Crippen LogP contribution in [0.1, 0.15) is 47.0 Å². The maximum Gasteiger partial charge on any atom is 0.178 e. The highest BCUT2D eigenvalue weighted by atomic mass is 16.1. The number of carbonyl (C=O) groups is 1. The summed E-state index contributed by atoms with van der Waals surface area (Å²) in [4.78, 5) is 11.5. The van der Waals surface area contributed by atoms with Gasteiger partial charge in [-0.05, 0) is 59.1 Å². The van der Waals surface area contributed by atoms with Gasteiger partial charge in [0, 0.05) is 5.41 Å². The van der Waals surface area contributed by atoms with E-state index in [1.807, 2.05) is 12.2 Å². The average molecular weight is 216 g/mol. The molecule has 0 aromatic rings. The topological polar surface area (TPSA) is 17.1 Å². The largest absolute Gasteiger partial charge is 0.290 e. The molecule has 0 fully saturated rings. The van der Waals surface area contributed by atoms with Crippen LogP contribution in [0.15, 0.2) is 34.4 Å². The molecule has 0 aliphatic heterocycles. The summed E-state index contributed by atoms with van der Waals surface area (Å²) in [6.07, 6.45) is 7.06. The number of rotatable bonds is 0. The van der Waals surface area contributed by atoms with Crippen LogP contribution < -0.4 is 0 Å². The fourth-order valence-electron chi connectivity index (χ4n) is 3.04. The van der Waals surface area contributed by atoms with Crippen molar-refractivity contribution in [2.45, 2.75) is 47.0 Å². The second kappa shape index (κ2) is 3.73. The Morgan fingerprint density at radius 1 is 1.00 bits per heavy atom. The monoisotopic (exact) mass is 216 g/mol. The van der Waals surface area contributed by atoms with E-state index in [0.29, 0.717) is 0 Å². The number of hydrogen-bond donors (Lipinski definition) is 0. The molecule has 0 saturated heterocycles. The zero-order valence-corrected chi connectivity index (χ0v) is 10.7. The van der Waals surface area contributed by atoms with Gasteiger partial charge in [0.2, 0.25) is 0 Å². The first-order valence-corrected chi connectivity index (χ1v) is 6.02. The molecule has 2 aliphatic rings. The van der Waals surface area contributed by atoms with Crippen LogP contribution in [0.3, 0.4) is 0 Å². The Morgan fingerprint density at radius 3 is 2.06 bits per heavy atom. The van der Waals surface area contributed by atoms with Crippen molar-refractivity contribution in [3.8, 4) is 0 Å². The van der Waals surface area contributed by atoms with Crippen molar-refractivity contribution in [2.75, 3.05) is 0 Å². The average Bonchev–Trinajstić information content (AvgIpc) is 2.20. The first kappa shape index (κ1) is 11.4. The summed E-state index contributed by atoms with van der Waals surface area (Å²) in [5.74, 6) is 0.157. The van der Waals surface area contributed by atoms with Crippen LogP contribution in [-0.2, 0) is 4.79 Å². The van der Waals surface area contributed by atoms with Crippen molar-refractivity contribution in [2.24, 2.45) is 5.41 Å². The molecule has 16 heavy (non-hydrogen) atoms. The molecule has 1 nitrogen and oxygen atoms in total. The van der Waals surface area contributed by atoms with Crippen molar-refractivity contribution < 1.29 is 4.79 Å². The van der Waals surface area contributed by atoms with Crippen LogP contribution in [-0.4, -0.2) is 5.78 Å². The molecular formula is C15H20O. The molecule has 0 heterocycles. The Labute approximate surface area is 97.9 Å².